The highest BCUT2D eigenvalue weighted by molar-refractivity contribution is 7.99. The summed E-state index contributed by atoms with van der Waals surface area (Å²) in [5, 5.41) is 6.56. The predicted octanol–water partition coefficient (Wildman–Crippen LogP) is 2.77. The van der Waals surface area contributed by atoms with Crippen LogP contribution in [0.2, 0.25) is 0 Å². The Morgan fingerprint density at radius 1 is 1.33 bits per heavy atom. The van der Waals surface area contributed by atoms with Gasteiger partial charge in [-0.25, -0.2) is 0 Å². The van der Waals surface area contributed by atoms with Gasteiger partial charge in [0.25, 0.3) is 0 Å². The van der Waals surface area contributed by atoms with Crippen molar-refractivity contribution in [3.8, 4) is 0 Å². The average Bonchev–Trinajstić information content (AvgIpc) is 2.38. The van der Waals surface area contributed by atoms with Crippen molar-refractivity contribution in [3.63, 3.8) is 0 Å². The second-order valence-corrected chi connectivity index (χ2v) is 6.75. The van der Waals surface area contributed by atoms with Crippen LogP contribution in [0.5, 0.6) is 0 Å². The quantitative estimate of drug-likeness (QED) is 0.632. The minimum absolute atomic E-state index is 0.188. The van der Waals surface area contributed by atoms with E-state index in [-0.39, 0.29) is 5.41 Å². The van der Waals surface area contributed by atoms with Crippen molar-refractivity contribution in [1.82, 2.24) is 10.6 Å². The molecule has 0 atom stereocenters. The summed E-state index contributed by atoms with van der Waals surface area (Å²) in [4.78, 5) is 1.49. The van der Waals surface area contributed by atoms with E-state index in [4.69, 9.17) is 0 Å². The molecule has 0 fully saturated rings. The molecule has 1 aliphatic rings. The number of hydrogen-bond donors (Lipinski definition) is 2. The zero-order chi connectivity index (χ0) is 13.0. The first-order valence-corrected chi connectivity index (χ1v) is 7.73. The Hall–Kier alpha value is -0.510. The molecule has 0 radical (unpaired) electrons. The van der Waals surface area contributed by atoms with Crippen LogP contribution in [0, 0.1) is 0 Å². The van der Waals surface area contributed by atoms with E-state index >= 15 is 0 Å². The van der Waals surface area contributed by atoms with Crippen molar-refractivity contribution >= 4 is 11.8 Å². The molecule has 2 N–H and O–H groups in total. The van der Waals surface area contributed by atoms with Crippen LogP contribution >= 0.6 is 11.8 Å². The number of fused-ring (bicyclic) bond motifs is 1. The van der Waals surface area contributed by atoms with E-state index < -0.39 is 0 Å². The standard InChI is InChI=1S/C15H24N2S/c1-15(2,10-17-11-16-3)13-6-7-14-12(9-13)5-4-8-18-14/h6-7,9,16-17H,4-5,8,10-11H2,1-3H3. The number of rotatable bonds is 5. The SMILES string of the molecule is CNCNCC(C)(C)c1ccc2c(c1)CCCS2. The van der Waals surface area contributed by atoms with Gasteiger partial charge in [0.2, 0.25) is 0 Å². The van der Waals surface area contributed by atoms with Crippen molar-refractivity contribution in [3.05, 3.63) is 29.3 Å². The highest BCUT2D eigenvalue weighted by Crippen LogP contribution is 2.33. The Balaban J connectivity index is 2.11. The number of aryl methyl sites for hydroxylation is 1. The van der Waals surface area contributed by atoms with Crippen molar-refractivity contribution in [1.29, 1.82) is 0 Å². The summed E-state index contributed by atoms with van der Waals surface area (Å²) < 4.78 is 0. The fraction of sp³-hybridized carbons (Fsp3) is 0.600. The third kappa shape index (κ3) is 3.28. The Labute approximate surface area is 115 Å². The molecule has 1 aromatic carbocycles. The van der Waals surface area contributed by atoms with E-state index in [1.807, 2.05) is 18.8 Å². The molecular weight excluding hydrogens is 240 g/mol. The lowest BCUT2D eigenvalue weighted by molar-refractivity contribution is 0.460. The molecule has 0 amide bonds. The van der Waals surface area contributed by atoms with E-state index in [2.05, 4.69) is 42.7 Å². The molecule has 0 bridgehead atoms. The molecule has 0 unspecified atom stereocenters. The first-order chi connectivity index (χ1) is 8.63. The van der Waals surface area contributed by atoms with Crippen LogP contribution in [0.25, 0.3) is 0 Å². The zero-order valence-corrected chi connectivity index (χ0v) is 12.5. The van der Waals surface area contributed by atoms with Crippen LogP contribution in [0.4, 0.5) is 0 Å². The van der Waals surface area contributed by atoms with Gasteiger partial charge in [0, 0.05) is 23.5 Å². The molecule has 2 nitrogen and oxygen atoms in total. The largest absolute Gasteiger partial charge is 0.308 e. The molecule has 1 aliphatic heterocycles. The number of nitrogens with one attached hydrogen (secondary N) is 2. The van der Waals surface area contributed by atoms with E-state index in [0.29, 0.717) is 0 Å². The second-order valence-electron chi connectivity index (χ2n) is 5.62. The maximum Gasteiger partial charge on any atom is 0.0452 e. The van der Waals surface area contributed by atoms with Crippen LogP contribution in [-0.2, 0) is 11.8 Å². The maximum atomic E-state index is 3.44. The average molecular weight is 264 g/mol. The molecule has 18 heavy (non-hydrogen) atoms. The lowest BCUT2D eigenvalue weighted by atomic mass is 9.83. The van der Waals surface area contributed by atoms with Gasteiger partial charge in [0.1, 0.15) is 0 Å². The third-order valence-corrected chi connectivity index (χ3v) is 4.76. The Morgan fingerprint density at radius 3 is 2.94 bits per heavy atom. The van der Waals surface area contributed by atoms with Gasteiger partial charge in [-0.3, -0.25) is 0 Å². The zero-order valence-electron chi connectivity index (χ0n) is 11.7. The van der Waals surface area contributed by atoms with Crippen molar-refractivity contribution in [2.24, 2.45) is 0 Å². The van der Waals surface area contributed by atoms with Crippen LogP contribution in [-0.4, -0.2) is 26.0 Å². The minimum atomic E-state index is 0.188. The summed E-state index contributed by atoms with van der Waals surface area (Å²) in [6, 6.07) is 7.04. The molecule has 0 saturated carbocycles. The van der Waals surface area contributed by atoms with Crippen LogP contribution in [0.3, 0.4) is 0 Å². The van der Waals surface area contributed by atoms with Crippen molar-refractivity contribution < 1.29 is 0 Å². The summed E-state index contributed by atoms with van der Waals surface area (Å²) in [5.74, 6) is 1.28. The summed E-state index contributed by atoms with van der Waals surface area (Å²) in [7, 11) is 1.97. The summed E-state index contributed by atoms with van der Waals surface area (Å²) in [5.41, 5.74) is 3.19. The molecule has 3 heteroatoms. The Morgan fingerprint density at radius 2 is 2.17 bits per heavy atom. The highest BCUT2D eigenvalue weighted by atomic mass is 32.2. The monoisotopic (exact) mass is 264 g/mol. The molecular formula is C15H24N2S. The van der Waals surface area contributed by atoms with Crippen LogP contribution < -0.4 is 10.6 Å². The smallest absolute Gasteiger partial charge is 0.0452 e. The van der Waals surface area contributed by atoms with Crippen LogP contribution in [0.1, 0.15) is 31.4 Å². The van der Waals surface area contributed by atoms with Gasteiger partial charge in [0.15, 0.2) is 0 Å². The first-order valence-electron chi connectivity index (χ1n) is 6.75. The summed E-state index contributed by atoms with van der Waals surface area (Å²) >= 11 is 2.00. The molecule has 0 aliphatic carbocycles. The summed E-state index contributed by atoms with van der Waals surface area (Å²) in [6.07, 6.45) is 2.57. The van der Waals surface area contributed by atoms with E-state index in [9.17, 15) is 0 Å². The van der Waals surface area contributed by atoms with Crippen molar-refractivity contribution in [2.45, 2.75) is 37.0 Å². The molecule has 0 spiro atoms. The number of thioether (sulfide) groups is 1. The molecule has 1 heterocycles. The number of benzene rings is 1. The van der Waals surface area contributed by atoms with Gasteiger partial charge in [-0.1, -0.05) is 26.0 Å². The lowest BCUT2D eigenvalue weighted by Gasteiger charge is -2.27. The van der Waals surface area contributed by atoms with Gasteiger partial charge in [-0.05, 0) is 42.8 Å². The van der Waals surface area contributed by atoms with Gasteiger partial charge in [-0.2, -0.15) is 0 Å². The Kier molecular flexibility index (Phi) is 4.71. The normalized spacial score (nSPS) is 15.5. The Bertz CT molecular complexity index is 401. The molecule has 1 aromatic rings. The second kappa shape index (κ2) is 6.09. The molecule has 0 saturated heterocycles. The molecule has 2 rings (SSSR count). The summed E-state index contributed by atoms with van der Waals surface area (Å²) in [6.45, 7) is 6.49. The molecule has 100 valence electrons. The molecule has 0 aromatic heterocycles. The maximum absolute atomic E-state index is 3.44. The van der Waals surface area contributed by atoms with Crippen molar-refractivity contribution in [2.75, 3.05) is 26.0 Å². The first kappa shape index (κ1) is 13.9. The van der Waals surface area contributed by atoms with Gasteiger partial charge in [-0.15, -0.1) is 11.8 Å². The lowest BCUT2D eigenvalue weighted by Crippen LogP contribution is -2.37. The van der Waals surface area contributed by atoms with Crippen LogP contribution in [0.15, 0.2) is 23.1 Å². The number of hydrogen-bond acceptors (Lipinski definition) is 3. The fourth-order valence-electron chi connectivity index (χ4n) is 2.38. The van der Waals surface area contributed by atoms with Gasteiger partial charge in [0.05, 0.1) is 0 Å². The fourth-order valence-corrected chi connectivity index (χ4v) is 3.40. The van der Waals surface area contributed by atoms with E-state index in [1.165, 1.54) is 29.1 Å². The van der Waals surface area contributed by atoms with E-state index in [0.717, 1.165) is 13.2 Å². The highest BCUT2D eigenvalue weighted by Gasteiger charge is 2.21. The van der Waals surface area contributed by atoms with Gasteiger partial charge < -0.3 is 10.6 Å². The third-order valence-electron chi connectivity index (χ3n) is 3.56. The van der Waals surface area contributed by atoms with Gasteiger partial charge >= 0.3 is 0 Å². The predicted molar refractivity (Wildman–Crippen MR) is 80.4 cm³/mol. The topological polar surface area (TPSA) is 24.1 Å². The minimum Gasteiger partial charge on any atom is -0.308 e. The van der Waals surface area contributed by atoms with E-state index in [1.54, 1.807) is 5.56 Å².